The average Bonchev–Trinajstić information content (AvgIpc) is 3.16. The van der Waals surface area contributed by atoms with Gasteiger partial charge < -0.3 is 29.0 Å². The van der Waals surface area contributed by atoms with Crippen LogP contribution in [0.5, 0.6) is 17.2 Å². The van der Waals surface area contributed by atoms with E-state index in [1.165, 1.54) is 12.0 Å². The van der Waals surface area contributed by atoms with E-state index in [0.29, 0.717) is 60.2 Å². The third kappa shape index (κ3) is 4.89. The number of benzene rings is 2. The van der Waals surface area contributed by atoms with Gasteiger partial charge in [-0.2, -0.15) is 0 Å². The number of amides is 1. The van der Waals surface area contributed by atoms with Crippen LogP contribution in [0, 0.1) is 6.92 Å². The molecule has 2 heterocycles. The summed E-state index contributed by atoms with van der Waals surface area (Å²) in [5.41, 5.74) is 1.79. The van der Waals surface area contributed by atoms with Crippen molar-refractivity contribution in [1.29, 1.82) is 0 Å². The second-order valence-electron chi connectivity index (χ2n) is 8.74. The van der Waals surface area contributed by atoms with Crippen LogP contribution < -0.4 is 14.2 Å². The van der Waals surface area contributed by atoms with Gasteiger partial charge in [-0.3, -0.25) is 14.5 Å². The van der Waals surface area contributed by atoms with Crippen LogP contribution in [0.15, 0.2) is 42.0 Å². The Kier molecular flexibility index (Phi) is 7.81. The molecule has 192 valence electrons. The molecule has 0 radical (unpaired) electrons. The molecule has 4 rings (SSSR count). The fourth-order valence-electron chi connectivity index (χ4n) is 4.73. The number of Topliss-reactive ketones (excluding diaryl/α,β-unsaturated/α-hetero) is 1. The Balaban J connectivity index is 1.82. The maximum Gasteiger partial charge on any atom is 0.295 e. The molecule has 0 unspecified atom stereocenters. The minimum absolute atomic E-state index is 0.0266. The van der Waals surface area contributed by atoms with Crippen LogP contribution in [-0.2, 0) is 14.3 Å². The van der Waals surface area contributed by atoms with Crippen molar-refractivity contribution in [3.05, 3.63) is 58.7 Å². The summed E-state index contributed by atoms with van der Waals surface area (Å²) < 4.78 is 21.7. The van der Waals surface area contributed by atoms with Crippen molar-refractivity contribution < 1.29 is 33.6 Å². The molecule has 1 amide bonds. The predicted molar refractivity (Wildman–Crippen MR) is 134 cm³/mol. The fourth-order valence-corrected chi connectivity index (χ4v) is 4.73. The van der Waals surface area contributed by atoms with Crippen molar-refractivity contribution in [3.63, 3.8) is 0 Å². The Morgan fingerprint density at radius 2 is 1.64 bits per heavy atom. The number of aryl methyl sites for hydroxylation is 1. The first-order chi connectivity index (χ1) is 17.4. The summed E-state index contributed by atoms with van der Waals surface area (Å²) in [6.45, 7) is 5.47. The van der Waals surface area contributed by atoms with Gasteiger partial charge in [0.2, 0.25) is 0 Å². The van der Waals surface area contributed by atoms with E-state index in [1.54, 1.807) is 50.6 Å². The molecule has 0 spiro atoms. The van der Waals surface area contributed by atoms with E-state index >= 15 is 0 Å². The van der Waals surface area contributed by atoms with Crippen molar-refractivity contribution in [2.24, 2.45) is 0 Å². The summed E-state index contributed by atoms with van der Waals surface area (Å²) in [5.74, 6) is 0.0434. The zero-order valence-corrected chi connectivity index (χ0v) is 21.1. The zero-order valence-electron chi connectivity index (χ0n) is 21.1. The van der Waals surface area contributed by atoms with Gasteiger partial charge in [0.1, 0.15) is 23.0 Å². The fraction of sp³-hybridized carbons (Fsp3) is 0.407. The lowest BCUT2D eigenvalue weighted by atomic mass is 9.93. The number of aliphatic hydroxyl groups excluding tert-OH is 1. The number of morpholine rings is 1. The van der Waals surface area contributed by atoms with E-state index < -0.39 is 17.7 Å². The summed E-state index contributed by atoms with van der Waals surface area (Å²) in [6, 6.07) is 9.56. The number of carbonyl (C=O) groups is 2. The normalized spacial score (nSPS) is 20.0. The summed E-state index contributed by atoms with van der Waals surface area (Å²) in [7, 11) is 4.63. The molecule has 2 aromatic rings. The molecule has 2 saturated heterocycles. The Hall–Kier alpha value is -3.56. The summed E-state index contributed by atoms with van der Waals surface area (Å²) in [5, 5.41) is 11.4. The highest BCUT2D eigenvalue weighted by molar-refractivity contribution is 6.46. The van der Waals surface area contributed by atoms with Gasteiger partial charge in [0.15, 0.2) is 0 Å². The first-order valence-corrected chi connectivity index (χ1v) is 11.8. The Bertz CT molecular complexity index is 1170. The van der Waals surface area contributed by atoms with E-state index in [-0.39, 0.29) is 11.3 Å². The third-order valence-corrected chi connectivity index (χ3v) is 6.72. The SMILES string of the molecule is COc1ccc(/C(O)=C2\C(=O)C(=O)N(CCN3CCOCC3)[C@@H]2c2ccc(OC)cc2OC)c(C)c1. The molecule has 0 aliphatic carbocycles. The van der Waals surface area contributed by atoms with Gasteiger partial charge in [-0.25, -0.2) is 0 Å². The molecule has 0 aromatic heterocycles. The predicted octanol–water partition coefficient (Wildman–Crippen LogP) is 2.77. The van der Waals surface area contributed by atoms with Crippen LogP contribution in [-0.4, -0.2) is 87.3 Å². The highest BCUT2D eigenvalue weighted by Gasteiger charge is 2.47. The number of hydrogen-bond acceptors (Lipinski definition) is 8. The largest absolute Gasteiger partial charge is 0.507 e. The smallest absolute Gasteiger partial charge is 0.295 e. The van der Waals surface area contributed by atoms with Crippen LogP contribution in [0.1, 0.15) is 22.7 Å². The van der Waals surface area contributed by atoms with Crippen molar-refractivity contribution >= 4 is 17.4 Å². The van der Waals surface area contributed by atoms with Crippen molar-refractivity contribution in [1.82, 2.24) is 9.80 Å². The van der Waals surface area contributed by atoms with Gasteiger partial charge in [0.05, 0.1) is 46.2 Å². The number of rotatable bonds is 8. The lowest BCUT2D eigenvalue weighted by Crippen LogP contribution is -2.42. The topological polar surface area (TPSA) is 97.8 Å². The number of methoxy groups -OCH3 is 3. The van der Waals surface area contributed by atoms with Gasteiger partial charge in [-0.15, -0.1) is 0 Å². The molecule has 2 fully saturated rings. The van der Waals surface area contributed by atoms with Crippen molar-refractivity contribution in [3.8, 4) is 17.2 Å². The minimum Gasteiger partial charge on any atom is -0.507 e. The van der Waals surface area contributed by atoms with Crippen LogP contribution in [0.3, 0.4) is 0 Å². The lowest BCUT2D eigenvalue weighted by Gasteiger charge is -2.31. The molecule has 2 aromatic carbocycles. The maximum absolute atomic E-state index is 13.4. The molecule has 1 N–H and O–H groups in total. The van der Waals surface area contributed by atoms with E-state index in [0.717, 1.165) is 13.1 Å². The highest BCUT2D eigenvalue weighted by atomic mass is 16.5. The Labute approximate surface area is 210 Å². The number of nitrogens with zero attached hydrogens (tertiary/aromatic N) is 2. The molecule has 36 heavy (non-hydrogen) atoms. The van der Waals surface area contributed by atoms with Gasteiger partial charge >= 0.3 is 0 Å². The Morgan fingerprint density at radius 3 is 2.28 bits per heavy atom. The first kappa shape index (κ1) is 25.5. The molecule has 9 heteroatoms. The summed E-state index contributed by atoms with van der Waals surface area (Å²) in [6.07, 6.45) is 0. The monoisotopic (exact) mass is 496 g/mol. The molecule has 0 saturated carbocycles. The number of likely N-dealkylation sites (tertiary alicyclic amines) is 1. The van der Waals surface area contributed by atoms with Gasteiger partial charge in [0, 0.05) is 43.4 Å². The van der Waals surface area contributed by atoms with Crippen molar-refractivity contribution in [2.45, 2.75) is 13.0 Å². The van der Waals surface area contributed by atoms with E-state index in [1.807, 2.05) is 6.92 Å². The first-order valence-electron chi connectivity index (χ1n) is 11.8. The number of carbonyl (C=O) groups excluding carboxylic acids is 2. The highest BCUT2D eigenvalue weighted by Crippen LogP contribution is 2.44. The number of ketones is 1. The number of aliphatic hydroxyl groups is 1. The second kappa shape index (κ2) is 11.0. The van der Waals surface area contributed by atoms with Gasteiger partial charge in [-0.1, -0.05) is 0 Å². The van der Waals surface area contributed by atoms with E-state index in [9.17, 15) is 14.7 Å². The molecule has 2 aliphatic rings. The third-order valence-electron chi connectivity index (χ3n) is 6.72. The maximum atomic E-state index is 13.4. The Morgan fingerprint density at radius 1 is 0.972 bits per heavy atom. The molecule has 0 bridgehead atoms. The summed E-state index contributed by atoms with van der Waals surface area (Å²) >= 11 is 0. The minimum atomic E-state index is -0.826. The summed E-state index contributed by atoms with van der Waals surface area (Å²) in [4.78, 5) is 30.4. The lowest BCUT2D eigenvalue weighted by molar-refractivity contribution is -0.140. The van der Waals surface area contributed by atoms with E-state index in [4.69, 9.17) is 18.9 Å². The number of ether oxygens (including phenoxy) is 4. The van der Waals surface area contributed by atoms with Crippen LogP contribution in [0.4, 0.5) is 0 Å². The average molecular weight is 497 g/mol. The van der Waals surface area contributed by atoms with E-state index in [2.05, 4.69) is 4.90 Å². The standard InChI is InChI=1S/C27H32N2O7/c1-17-15-18(33-2)5-7-20(17)25(30)23-24(21-8-6-19(34-3)16-22(21)35-4)29(27(32)26(23)31)10-9-28-11-13-36-14-12-28/h5-8,15-16,24,30H,9-14H2,1-4H3/b25-23+/t24-/m1/s1. The van der Waals surface area contributed by atoms with Crippen LogP contribution in [0.2, 0.25) is 0 Å². The zero-order chi connectivity index (χ0) is 25.8. The number of hydrogen-bond donors (Lipinski definition) is 1. The van der Waals surface area contributed by atoms with Gasteiger partial charge in [0.25, 0.3) is 11.7 Å². The van der Waals surface area contributed by atoms with Crippen LogP contribution >= 0.6 is 0 Å². The molecule has 1 atom stereocenters. The van der Waals surface area contributed by atoms with Crippen LogP contribution in [0.25, 0.3) is 5.76 Å². The molecule has 9 nitrogen and oxygen atoms in total. The van der Waals surface area contributed by atoms with Gasteiger partial charge in [-0.05, 0) is 42.8 Å². The van der Waals surface area contributed by atoms with Crippen molar-refractivity contribution in [2.75, 3.05) is 60.7 Å². The molecular weight excluding hydrogens is 464 g/mol. The second-order valence-corrected chi connectivity index (χ2v) is 8.74. The quantitative estimate of drug-likeness (QED) is 0.339. The molecular formula is C27H32N2O7. The molecule has 2 aliphatic heterocycles.